The molecule has 1 aliphatic rings. The molecule has 0 radical (unpaired) electrons. The van der Waals surface area contributed by atoms with E-state index in [1.54, 1.807) is 18.7 Å². The van der Waals surface area contributed by atoms with E-state index in [-0.39, 0.29) is 24.7 Å². The van der Waals surface area contributed by atoms with Crippen molar-refractivity contribution in [1.82, 2.24) is 4.90 Å². The Morgan fingerprint density at radius 2 is 1.73 bits per heavy atom. The van der Waals surface area contributed by atoms with Crippen LogP contribution < -0.4 is 0 Å². The monoisotopic (exact) mass is 215 g/mol. The highest BCUT2D eigenvalue weighted by molar-refractivity contribution is 5.80. The van der Waals surface area contributed by atoms with Crippen LogP contribution in [0.4, 0.5) is 0 Å². The Hall–Kier alpha value is -1.10. The third kappa shape index (κ3) is 2.47. The molecule has 1 fully saturated rings. The van der Waals surface area contributed by atoms with Gasteiger partial charge in [0.1, 0.15) is 0 Å². The molecule has 0 unspecified atom stereocenters. The number of hydrogen-bond acceptors (Lipinski definition) is 3. The Bertz CT molecular complexity index is 267. The fraction of sp³-hybridized carbons (Fsp3) is 0.800. The SMILES string of the molecule is CC(C)C(=O)N1CCC(O)(C(=O)O)CC1. The van der Waals surface area contributed by atoms with Crippen molar-refractivity contribution in [2.24, 2.45) is 5.92 Å². The smallest absolute Gasteiger partial charge is 0.335 e. The lowest BCUT2D eigenvalue weighted by molar-refractivity contribution is -0.165. The molecule has 0 aromatic carbocycles. The average Bonchev–Trinajstić information content (AvgIpc) is 2.17. The quantitative estimate of drug-likeness (QED) is 0.684. The van der Waals surface area contributed by atoms with Gasteiger partial charge in [0.25, 0.3) is 0 Å². The fourth-order valence-corrected chi connectivity index (χ4v) is 1.68. The Balaban J connectivity index is 2.56. The number of piperidine rings is 1. The van der Waals surface area contributed by atoms with Crippen molar-refractivity contribution in [3.63, 3.8) is 0 Å². The third-order valence-electron chi connectivity index (χ3n) is 2.79. The summed E-state index contributed by atoms with van der Waals surface area (Å²) in [5.41, 5.74) is -1.65. The van der Waals surface area contributed by atoms with Gasteiger partial charge in [0.15, 0.2) is 5.60 Å². The number of rotatable bonds is 2. The Morgan fingerprint density at radius 1 is 1.27 bits per heavy atom. The molecule has 0 bridgehead atoms. The molecule has 1 heterocycles. The fourth-order valence-electron chi connectivity index (χ4n) is 1.68. The molecule has 5 heteroatoms. The minimum Gasteiger partial charge on any atom is -0.479 e. The van der Waals surface area contributed by atoms with Crippen molar-refractivity contribution >= 4 is 11.9 Å². The van der Waals surface area contributed by atoms with Gasteiger partial charge in [-0.2, -0.15) is 0 Å². The van der Waals surface area contributed by atoms with Crippen LogP contribution in [0.25, 0.3) is 0 Å². The van der Waals surface area contributed by atoms with E-state index in [4.69, 9.17) is 5.11 Å². The van der Waals surface area contributed by atoms with Gasteiger partial charge >= 0.3 is 5.97 Å². The van der Waals surface area contributed by atoms with E-state index in [0.29, 0.717) is 13.1 Å². The van der Waals surface area contributed by atoms with Crippen LogP contribution in [0.3, 0.4) is 0 Å². The van der Waals surface area contributed by atoms with Crippen molar-refractivity contribution < 1.29 is 19.8 Å². The number of likely N-dealkylation sites (tertiary alicyclic amines) is 1. The van der Waals surface area contributed by atoms with Crippen LogP contribution in [-0.2, 0) is 9.59 Å². The first-order valence-electron chi connectivity index (χ1n) is 5.11. The topological polar surface area (TPSA) is 77.8 Å². The molecule has 0 saturated carbocycles. The summed E-state index contributed by atoms with van der Waals surface area (Å²) in [6.07, 6.45) is 0.224. The zero-order valence-corrected chi connectivity index (χ0v) is 9.06. The van der Waals surface area contributed by atoms with Crippen LogP contribution in [-0.4, -0.2) is 45.7 Å². The maximum Gasteiger partial charge on any atom is 0.335 e. The average molecular weight is 215 g/mol. The summed E-state index contributed by atoms with van der Waals surface area (Å²) in [5, 5.41) is 18.4. The molecule has 2 N–H and O–H groups in total. The van der Waals surface area contributed by atoms with Gasteiger partial charge in [-0.3, -0.25) is 4.79 Å². The molecular weight excluding hydrogens is 198 g/mol. The normalized spacial score (nSPS) is 20.4. The number of amides is 1. The minimum absolute atomic E-state index is 0.0161. The number of aliphatic carboxylic acids is 1. The van der Waals surface area contributed by atoms with E-state index < -0.39 is 11.6 Å². The Kier molecular flexibility index (Phi) is 3.34. The van der Waals surface area contributed by atoms with Crippen molar-refractivity contribution in [3.05, 3.63) is 0 Å². The van der Waals surface area contributed by atoms with Crippen LogP contribution in [0.15, 0.2) is 0 Å². The molecule has 15 heavy (non-hydrogen) atoms. The number of aliphatic hydroxyl groups is 1. The van der Waals surface area contributed by atoms with Crippen LogP contribution >= 0.6 is 0 Å². The molecule has 86 valence electrons. The summed E-state index contributed by atoms with van der Waals surface area (Å²) in [5.74, 6) is -1.26. The van der Waals surface area contributed by atoms with E-state index in [9.17, 15) is 14.7 Å². The molecule has 1 aliphatic heterocycles. The molecule has 1 amide bonds. The highest BCUT2D eigenvalue weighted by Crippen LogP contribution is 2.23. The summed E-state index contributed by atoms with van der Waals surface area (Å²) in [6.45, 7) is 4.25. The summed E-state index contributed by atoms with van der Waals surface area (Å²) in [6, 6.07) is 0. The predicted octanol–water partition coefficient (Wildman–Crippen LogP) is 0.0805. The number of carboxylic acids is 1. The lowest BCUT2D eigenvalue weighted by Gasteiger charge is -2.36. The van der Waals surface area contributed by atoms with Gasteiger partial charge < -0.3 is 15.1 Å². The summed E-state index contributed by atoms with van der Waals surface area (Å²) < 4.78 is 0. The van der Waals surface area contributed by atoms with Crippen LogP contribution in [0.5, 0.6) is 0 Å². The maximum absolute atomic E-state index is 11.6. The second-order valence-corrected chi connectivity index (χ2v) is 4.32. The second kappa shape index (κ2) is 4.18. The van der Waals surface area contributed by atoms with Gasteiger partial charge in [-0.15, -0.1) is 0 Å². The zero-order valence-electron chi connectivity index (χ0n) is 9.06. The molecule has 5 nitrogen and oxygen atoms in total. The highest BCUT2D eigenvalue weighted by atomic mass is 16.4. The largest absolute Gasteiger partial charge is 0.479 e. The molecule has 0 aliphatic carbocycles. The van der Waals surface area contributed by atoms with Gasteiger partial charge in [0, 0.05) is 31.8 Å². The van der Waals surface area contributed by atoms with Crippen molar-refractivity contribution in [2.75, 3.05) is 13.1 Å². The number of nitrogens with zero attached hydrogens (tertiary/aromatic N) is 1. The van der Waals surface area contributed by atoms with Crippen LogP contribution in [0.2, 0.25) is 0 Å². The summed E-state index contributed by atoms with van der Waals surface area (Å²) in [4.78, 5) is 23.9. The lowest BCUT2D eigenvalue weighted by Crippen LogP contribution is -2.51. The third-order valence-corrected chi connectivity index (χ3v) is 2.79. The van der Waals surface area contributed by atoms with E-state index in [0.717, 1.165) is 0 Å². The second-order valence-electron chi connectivity index (χ2n) is 4.32. The van der Waals surface area contributed by atoms with E-state index in [2.05, 4.69) is 0 Å². The predicted molar refractivity (Wildman–Crippen MR) is 53.2 cm³/mol. The molecule has 0 aromatic heterocycles. The zero-order chi connectivity index (χ0) is 11.6. The molecular formula is C10H17NO4. The number of hydrogen-bond donors (Lipinski definition) is 2. The van der Waals surface area contributed by atoms with Gasteiger partial charge in [-0.05, 0) is 0 Å². The molecule has 0 atom stereocenters. The number of carboxylic acid groups (broad SMARTS) is 1. The van der Waals surface area contributed by atoms with Crippen LogP contribution in [0.1, 0.15) is 26.7 Å². The van der Waals surface area contributed by atoms with Crippen LogP contribution in [0, 0.1) is 5.92 Å². The highest BCUT2D eigenvalue weighted by Gasteiger charge is 2.40. The Labute approximate surface area is 88.7 Å². The van der Waals surface area contributed by atoms with Gasteiger partial charge in [0.05, 0.1) is 0 Å². The van der Waals surface area contributed by atoms with Crippen molar-refractivity contribution in [2.45, 2.75) is 32.3 Å². The molecule has 0 aromatic rings. The van der Waals surface area contributed by atoms with Gasteiger partial charge in [-0.25, -0.2) is 4.79 Å². The number of carbonyl (C=O) groups is 2. The first-order valence-corrected chi connectivity index (χ1v) is 5.11. The van der Waals surface area contributed by atoms with Gasteiger partial charge in [0.2, 0.25) is 5.91 Å². The minimum atomic E-state index is -1.65. The lowest BCUT2D eigenvalue weighted by atomic mass is 9.91. The maximum atomic E-state index is 11.6. The van der Waals surface area contributed by atoms with E-state index in [1.165, 1.54) is 0 Å². The first kappa shape index (κ1) is 12.0. The summed E-state index contributed by atoms with van der Waals surface area (Å²) >= 11 is 0. The van der Waals surface area contributed by atoms with E-state index in [1.807, 2.05) is 0 Å². The van der Waals surface area contributed by atoms with Gasteiger partial charge in [-0.1, -0.05) is 13.8 Å². The first-order chi connectivity index (χ1) is 6.87. The molecule has 1 saturated heterocycles. The molecule has 0 spiro atoms. The summed E-state index contributed by atoms with van der Waals surface area (Å²) in [7, 11) is 0. The van der Waals surface area contributed by atoms with E-state index >= 15 is 0 Å². The van der Waals surface area contributed by atoms with Crippen molar-refractivity contribution in [3.8, 4) is 0 Å². The molecule has 1 rings (SSSR count). The Morgan fingerprint density at radius 3 is 2.07 bits per heavy atom. The standard InChI is InChI=1S/C10H17NO4/c1-7(2)8(12)11-5-3-10(15,4-6-11)9(13)14/h7,15H,3-6H2,1-2H3,(H,13,14). The number of carbonyl (C=O) groups excluding carboxylic acids is 1. The van der Waals surface area contributed by atoms with Crippen molar-refractivity contribution in [1.29, 1.82) is 0 Å².